The van der Waals surface area contributed by atoms with E-state index in [-0.39, 0.29) is 5.75 Å². The van der Waals surface area contributed by atoms with Crippen molar-refractivity contribution in [1.29, 1.82) is 0 Å². The molecule has 0 aliphatic heterocycles. The molecule has 2 aromatic rings. The van der Waals surface area contributed by atoms with E-state index in [9.17, 15) is 13.5 Å². The van der Waals surface area contributed by atoms with Crippen LogP contribution in [0, 0.1) is 0 Å². The van der Waals surface area contributed by atoms with Gasteiger partial charge in [-0.15, -0.1) is 11.8 Å². The van der Waals surface area contributed by atoms with Crippen LogP contribution in [0.5, 0.6) is 5.75 Å². The van der Waals surface area contributed by atoms with E-state index in [1.54, 1.807) is 36.0 Å². The zero-order valence-electron chi connectivity index (χ0n) is 10.7. The second-order valence-electron chi connectivity index (χ2n) is 4.12. The predicted molar refractivity (Wildman–Crippen MR) is 80.5 cm³/mol. The molecule has 0 saturated carbocycles. The predicted octanol–water partition coefficient (Wildman–Crippen LogP) is 3.03. The average Bonchev–Trinajstić information content (AvgIpc) is 2.32. The number of phenolic OH excluding ortho intramolecular Hbond substituents is 1. The third kappa shape index (κ3) is 3.13. The van der Waals surface area contributed by atoms with Gasteiger partial charge in [0.15, 0.2) is 0 Å². The van der Waals surface area contributed by atoms with Crippen molar-refractivity contribution in [2.75, 3.05) is 16.7 Å². The van der Waals surface area contributed by atoms with Crippen LogP contribution in [0.1, 0.15) is 6.92 Å². The molecule has 19 heavy (non-hydrogen) atoms. The Labute approximate surface area is 116 Å². The summed E-state index contributed by atoms with van der Waals surface area (Å²) in [6, 6.07) is 8.79. The molecule has 0 radical (unpaired) electrons. The molecule has 0 aliphatic carbocycles. The quantitative estimate of drug-likeness (QED) is 0.851. The van der Waals surface area contributed by atoms with Crippen LogP contribution in [0.4, 0.5) is 5.69 Å². The largest absolute Gasteiger partial charge is 0.506 e. The molecule has 0 aromatic heterocycles. The first-order chi connectivity index (χ1) is 8.92. The van der Waals surface area contributed by atoms with Crippen LogP contribution in [0.2, 0.25) is 0 Å². The lowest BCUT2D eigenvalue weighted by Crippen LogP contribution is -2.09. The number of hydrogen-bond acceptors (Lipinski definition) is 4. The maximum Gasteiger partial charge on any atom is 0.229 e. The van der Waals surface area contributed by atoms with Gasteiger partial charge in [-0.3, -0.25) is 4.72 Å². The monoisotopic (exact) mass is 297 g/mol. The van der Waals surface area contributed by atoms with Gasteiger partial charge in [0.2, 0.25) is 10.0 Å². The minimum absolute atomic E-state index is 0.196. The fourth-order valence-corrected chi connectivity index (χ4v) is 3.18. The Morgan fingerprint density at radius 3 is 2.58 bits per heavy atom. The van der Waals surface area contributed by atoms with Gasteiger partial charge in [0.05, 0.1) is 11.9 Å². The van der Waals surface area contributed by atoms with Gasteiger partial charge in [-0.25, -0.2) is 8.42 Å². The molecular formula is C13H15NO3S2. The molecule has 2 rings (SSSR count). The van der Waals surface area contributed by atoms with E-state index in [0.717, 1.165) is 16.9 Å². The molecule has 102 valence electrons. The summed E-state index contributed by atoms with van der Waals surface area (Å²) in [6.07, 6.45) is 1.10. The summed E-state index contributed by atoms with van der Waals surface area (Å²) in [6.45, 7) is 2.01. The molecule has 0 amide bonds. The average molecular weight is 297 g/mol. The molecule has 0 saturated heterocycles. The van der Waals surface area contributed by atoms with Crippen molar-refractivity contribution in [1.82, 2.24) is 0 Å². The topological polar surface area (TPSA) is 66.4 Å². The number of benzene rings is 2. The summed E-state index contributed by atoms with van der Waals surface area (Å²) < 4.78 is 25.1. The first-order valence-corrected chi connectivity index (χ1v) is 8.65. The lowest BCUT2D eigenvalue weighted by atomic mass is 10.1. The summed E-state index contributed by atoms with van der Waals surface area (Å²) in [7, 11) is -3.34. The fraction of sp³-hybridized carbons (Fsp3) is 0.231. The first-order valence-electron chi connectivity index (χ1n) is 5.77. The van der Waals surface area contributed by atoms with Crippen molar-refractivity contribution in [2.24, 2.45) is 0 Å². The molecule has 0 unspecified atom stereocenters. The highest BCUT2D eigenvalue weighted by molar-refractivity contribution is 7.99. The van der Waals surface area contributed by atoms with Crippen LogP contribution in [0.15, 0.2) is 35.2 Å². The number of hydrogen-bond donors (Lipinski definition) is 2. The van der Waals surface area contributed by atoms with Crippen LogP contribution in [-0.2, 0) is 10.0 Å². The zero-order chi connectivity index (χ0) is 14.0. The van der Waals surface area contributed by atoms with Gasteiger partial charge in [-0.05, 0) is 17.9 Å². The Hall–Kier alpha value is -1.40. The fourth-order valence-electron chi connectivity index (χ4n) is 1.88. The summed E-state index contributed by atoms with van der Waals surface area (Å²) in [4.78, 5) is 0.798. The third-order valence-corrected chi connectivity index (χ3v) is 4.11. The molecule has 4 nitrogen and oxygen atoms in total. The Morgan fingerprint density at radius 2 is 1.95 bits per heavy atom. The van der Waals surface area contributed by atoms with Gasteiger partial charge in [-0.1, -0.05) is 25.1 Å². The van der Waals surface area contributed by atoms with Crippen LogP contribution in [0.3, 0.4) is 0 Å². The van der Waals surface area contributed by atoms with E-state index < -0.39 is 10.0 Å². The number of rotatable bonds is 4. The minimum Gasteiger partial charge on any atom is -0.506 e. The highest BCUT2D eigenvalue weighted by Crippen LogP contribution is 2.37. The Morgan fingerprint density at radius 1 is 1.21 bits per heavy atom. The van der Waals surface area contributed by atoms with Crippen molar-refractivity contribution in [3.63, 3.8) is 0 Å². The number of aromatic hydroxyl groups is 1. The van der Waals surface area contributed by atoms with E-state index in [2.05, 4.69) is 4.72 Å². The normalized spacial score (nSPS) is 11.7. The van der Waals surface area contributed by atoms with Crippen LogP contribution >= 0.6 is 11.8 Å². The standard InChI is InChI=1S/C13H15NO3S2/c1-3-18-12-8-7-9-10(13(12)15)5-4-6-11(9)14-19(2,16)17/h4-8,14-15H,3H2,1-2H3. The van der Waals surface area contributed by atoms with Gasteiger partial charge < -0.3 is 5.11 Å². The summed E-state index contributed by atoms with van der Waals surface area (Å²) in [5, 5.41) is 11.5. The van der Waals surface area contributed by atoms with Crippen molar-refractivity contribution in [2.45, 2.75) is 11.8 Å². The zero-order valence-corrected chi connectivity index (χ0v) is 12.3. The number of fused-ring (bicyclic) bond motifs is 1. The molecule has 0 heterocycles. The molecular weight excluding hydrogens is 282 g/mol. The van der Waals surface area contributed by atoms with E-state index in [1.807, 2.05) is 13.0 Å². The Kier molecular flexibility index (Phi) is 3.91. The van der Waals surface area contributed by atoms with E-state index in [4.69, 9.17) is 0 Å². The highest BCUT2D eigenvalue weighted by Gasteiger charge is 2.11. The molecule has 2 aromatic carbocycles. The Bertz CT molecular complexity index is 711. The van der Waals surface area contributed by atoms with Gasteiger partial charge in [0, 0.05) is 15.7 Å². The van der Waals surface area contributed by atoms with Gasteiger partial charge in [0.1, 0.15) is 5.75 Å². The van der Waals surface area contributed by atoms with E-state index >= 15 is 0 Å². The van der Waals surface area contributed by atoms with Crippen molar-refractivity contribution in [3.8, 4) is 5.75 Å². The van der Waals surface area contributed by atoms with Gasteiger partial charge in [0.25, 0.3) is 0 Å². The second kappa shape index (κ2) is 5.30. The molecule has 6 heteroatoms. The number of anilines is 1. The Balaban J connectivity index is 2.61. The first kappa shape index (κ1) is 14.0. The number of phenols is 1. The minimum atomic E-state index is -3.34. The maximum absolute atomic E-state index is 11.3. The van der Waals surface area contributed by atoms with Crippen LogP contribution in [-0.4, -0.2) is 25.5 Å². The number of thioether (sulfide) groups is 1. The maximum atomic E-state index is 11.3. The second-order valence-corrected chi connectivity index (χ2v) is 7.17. The highest BCUT2D eigenvalue weighted by atomic mass is 32.2. The van der Waals surface area contributed by atoms with E-state index in [0.29, 0.717) is 16.5 Å². The number of sulfonamides is 1. The van der Waals surface area contributed by atoms with Gasteiger partial charge in [-0.2, -0.15) is 0 Å². The molecule has 0 aliphatic rings. The number of nitrogens with one attached hydrogen (secondary N) is 1. The smallest absolute Gasteiger partial charge is 0.229 e. The third-order valence-electron chi connectivity index (χ3n) is 2.59. The summed E-state index contributed by atoms with van der Waals surface area (Å²) in [5.74, 6) is 1.06. The van der Waals surface area contributed by atoms with Crippen LogP contribution in [0.25, 0.3) is 10.8 Å². The van der Waals surface area contributed by atoms with Crippen molar-refractivity contribution >= 4 is 38.2 Å². The molecule has 0 spiro atoms. The molecule has 2 N–H and O–H groups in total. The van der Waals surface area contributed by atoms with Crippen molar-refractivity contribution < 1.29 is 13.5 Å². The van der Waals surface area contributed by atoms with E-state index in [1.165, 1.54) is 0 Å². The van der Waals surface area contributed by atoms with Crippen LogP contribution < -0.4 is 4.72 Å². The van der Waals surface area contributed by atoms with Gasteiger partial charge >= 0.3 is 0 Å². The SMILES string of the molecule is CCSc1ccc2c(NS(C)(=O)=O)cccc2c1O. The lowest BCUT2D eigenvalue weighted by molar-refractivity contribution is 0.469. The molecule has 0 bridgehead atoms. The summed E-state index contributed by atoms with van der Waals surface area (Å²) >= 11 is 1.55. The molecule has 0 fully saturated rings. The molecule has 0 atom stereocenters. The lowest BCUT2D eigenvalue weighted by Gasteiger charge is -2.11. The summed E-state index contributed by atoms with van der Waals surface area (Å²) in [5.41, 5.74) is 0.475. The van der Waals surface area contributed by atoms with Crippen molar-refractivity contribution in [3.05, 3.63) is 30.3 Å².